The van der Waals surface area contributed by atoms with Crippen LogP contribution in [0.15, 0.2) is 12.1 Å². The first-order valence-corrected chi connectivity index (χ1v) is 9.38. The Kier molecular flexibility index (Phi) is 10.8. The van der Waals surface area contributed by atoms with Gasteiger partial charge < -0.3 is 4.74 Å². The molecule has 0 unspecified atom stereocenters. The van der Waals surface area contributed by atoms with Gasteiger partial charge in [-0.1, -0.05) is 64.7 Å². The molecule has 0 aliphatic heterocycles. The maximum absolute atomic E-state index is 11.2. The molecule has 0 spiro atoms. The first-order valence-electron chi connectivity index (χ1n) is 9.38. The predicted octanol–water partition coefficient (Wildman–Crippen LogP) is 5.78. The quantitative estimate of drug-likeness (QED) is 0.320. The van der Waals surface area contributed by atoms with Gasteiger partial charge in [0.15, 0.2) is 12.6 Å². The van der Waals surface area contributed by atoms with Gasteiger partial charge in [0.05, 0.1) is 18.2 Å². The second-order valence-corrected chi connectivity index (χ2v) is 6.48. The van der Waals surface area contributed by atoms with Crippen LogP contribution in [0.1, 0.15) is 97.4 Å². The van der Waals surface area contributed by atoms with Crippen LogP contribution in [0.25, 0.3) is 0 Å². The largest absolute Gasteiger partial charge is 0.495 e. The maximum atomic E-state index is 11.2. The lowest BCUT2D eigenvalue weighted by Crippen LogP contribution is -1.99. The molecule has 24 heavy (non-hydrogen) atoms. The van der Waals surface area contributed by atoms with Gasteiger partial charge in [0.25, 0.3) is 0 Å². The maximum Gasteiger partial charge on any atom is 0.153 e. The van der Waals surface area contributed by atoms with Crippen molar-refractivity contribution in [1.82, 2.24) is 0 Å². The lowest BCUT2D eigenvalue weighted by molar-refractivity contribution is 0.111. The third-order valence-corrected chi connectivity index (χ3v) is 4.48. The summed E-state index contributed by atoms with van der Waals surface area (Å²) in [4.78, 5) is 22.3. The standard InChI is InChI=1S/C21H32O3/c1-3-4-5-6-7-8-9-10-11-12-13-18-14-19(16-22)21(24-2)20(15-18)17-23/h14-17H,3-13H2,1-2H3. The fourth-order valence-corrected chi connectivity index (χ4v) is 3.11. The van der Waals surface area contributed by atoms with E-state index in [1.807, 2.05) is 12.1 Å². The molecule has 0 heterocycles. The zero-order valence-electron chi connectivity index (χ0n) is 15.3. The summed E-state index contributed by atoms with van der Waals surface area (Å²) in [6.07, 6.45) is 15.4. The van der Waals surface area contributed by atoms with Crippen LogP contribution in [-0.4, -0.2) is 19.7 Å². The Labute approximate surface area is 146 Å². The monoisotopic (exact) mass is 332 g/mol. The Morgan fingerprint density at radius 2 is 1.25 bits per heavy atom. The lowest BCUT2D eigenvalue weighted by Gasteiger charge is -2.10. The number of unbranched alkanes of at least 4 members (excludes halogenated alkanes) is 9. The van der Waals surface area contributed by atoms with Gasteiger partial charge in [0, 0.05) is 0 Å². The number of hydrogen-bond acceptors (Lipinski definition) is 3. The molecule has 0 atom stereocenters. The highest BCUT2D eigenvalue weighted by molar-refractivity contribution is 5.89. The van der Waals surface area contributed by atoms with E-state index in [-0.39, 0.29) is 0 Å². The Balaban J connectivity index is 2.28. The van der Waals surface area contributed by atoms with Crippen LogP contribution in [-0.2, 0) is 6.42 Å². The number of benzene rings is 1. The number of ether oxygens (including phenoxy) is 1. The molecule has 0 aliphatic carbocycles. The summed E-state index contributed by atoms with van der Waals surface area (Å²) >= 11 is 0. The summed E-state index contributed by atoms with van der Waals surface area (Å²) < 4.78 is 5.16. The Hall–Kier alpha value is -1.64. The summed E-state index contributed by atoms with van der Waals surface area (Å²) in [5, 5.41) is 0. The van der Waals surface area contributed by atoms with Gasteiger partial charge in [0.2, 0.25) is 0 Å². The molecule has 0 N–H and O–H groups in total. The molecule has 0 fully saturated rings. The zero-order valence-corrected chi connectivity index (χ0v) is 15.3. The van der Waals surface area contributed by atoms with Gasteiger partial charge in [-0.2, -0.15) is 0 Å². The van der Waals surface area contributed by atoms with E-state index in [9.17, 15) is 9.59 Å². The number of rotatable bonds is 14. The number of carbonyl (C=O) groups excluding carboxylic acids is 2. The van der Waals surface area contributed by atoms with Crippen molar-refractivity contribution in [2.24, 2.45) is 0 Å². The average Bonchev–Trinajstić information content (AvgIpc) is 2.62. The molecule has 1 rings (SSSR count). The summed E-state index contributed by atoms with van der Waals surface area (Å²) in [7, 11) is 1.48. The number of methoxy groups -OCH3 is 1. The Bertz CT molecular complexity index is 465. The van der Waals surface area contributed by atoms with Crippen molar-refractivity contribution < 1.29 is 14.3 Å². The summed E-state index contributed by atoms with van der Waals surface area (Å²) in [6.45, 7) is 2.25. The van der Waals surface area contributed by atoms with Gasteiger partial charge >= 0.3 is 0 Å². The number of aryl methyl sites for hydroxylation is 1. The fourth-order valence-electron chi connectivity index (χ4n) is 3.11. The molecule has 1 aromatic rings. The topological polar surface area (TPSA) is 43.4 Å². The molecule has 0 bridgehead atoms. The van der Waals surface area contributed by atoms with Gasteiger partial charge in [-0.05, 0) is 30.5 Å². The van der Waals surface area contributed by atoms with Crippen LogP contribution in [0.5, 0.6) is 5.75 Å². The van der Waals surface area contributed by atoms with Gasteiger partial charge in [0.1, 0.15) is 5.75 Å². The van der Waals surface area contributed by atoms with Crippen LogP contribution in [0.4, 0.5) is 0 Å². The van der Waals surface area contributed by atoms with E-state index in [2.05, 4.69) is 6.92 Å². The summed E-state index contributed by atoms with van der Waals surface area (Å²) in [5.41, 5.74) is 1.97. The predicted molar refractivity (Wildman–Crippen MR) is 99.3 cm³/mol. The third kappa shape index (κ3) is 7.29. The highest BCUT2D eigenvalue weighted by atomic mass is 16.5. The van der Waals surface area contributed by atoms with E-state index >= 15 is 0 Å². The number of hydrogen-bond donors (Lipinski definition) is 0. The van der Waals surface area contributed by atoms with E-state index in [1.54, 1.807) is 0 Å². The van der Waals surface area contributed by atoms with Crippen LogP contribution in [0, 0.1) is 0 Å². The normalized spacial score (nSPS) is 10.6. The molecule has 134 valence electrons. The average molecular weight is 332 g/mol. The van der Waals surface area contributed by atoms with Gasteiger partial charge in [-0.25, -0.2) is 0 Å². The highest BCUT2D eigenvalue weighted by Gasteiger charge is 2.10. The van der Waals surface area contributed by atoms with E-state index in [1.165, 1.54) is 64.9 Å². The molecule has 0 saturated heterocycles. The first-order chi connectivity index (χ1) is 11.8. The molecular weight excluding hydrogens is 300 g/mol. The first kappa shape index (κ1) is 20.4. The minimum atomic E-state index is 0.381. The highest BCUT2D eigenvalue weighted by Crippen LogP contribution is 2.24. The molecule has 0 aromatic heterocycles. The second-order valence-electron chi connectivity index (χ2n) is 6.48. The summed E-state index contributed by atoms with van der Waals surface area (Å²) in [5.74, 6) is 0.381. The smallest absolute Gasteiger partial charge is 0.153 e. The van der Waals surface area contributed by atoms with Crippen molar-refractivity contribution in [3.63, 3.8) is 0 Å². The molecular formula is C21H32O3. The SMILES string of the molecule is CCCCCCCCCCCCc1cc(C=O)c(OC)c(C=O)c1. The Morgan fingerprint density at radius 1 is 0.792 bits per heavy atom. The van der Waals surface area contributed by atoms with Crippen LogP contribution in [0.3, 0.4) is 0 Å². The molecule has 1 aromatic carbocycles. The van der Waals surface area contributed by atoms with Crippen LogP contribution in [0.2, 0.25) is 0 Å². The molecule has 3 heteroatoms. The molecule has 0 amide bonds. The molecule has 0 radical (unpaired) electrons. The van der Waals surface area contributed by atoms with Crippen molar-refractivity contribution in [1.29, 1.82) is 0 Å². The molecule has 0 aliphatic rings. The minimum absolute atomic E-state index is 0.381. The van der Waals surface area contributed by atoms with Gasteiger partial charge in [-0.3, -0.25) is 9.59 Å². The molecule has 0 saturated carbocycles. The number of aldehydes is 2. The van der Waals surface area contributed by atoms with Crippen molar-refractivity contribution in [3.8, 4) is 5.75 Å². The summed E-state index contributed by atoms with van der Waals surface area (Å²) in [6, 6.07) is 3.68. The van der Waals surface area contributed by atoms with Crippen LogP contribution < -0.4 is 4.74 Å². The second kappa shape index (κ2) is 12.7. The lowest BCUT2D eigenvalue weighted by atomic mass is 9.99. The van der Waals surface area contributed by atoms with E-state index in [0.717, 1.165) is 31.0 Å². The minimum Gasteiger partial charge on any atom is -0.495 e. The van der Waals surface area contributed by atoms with Crippen LogP contribution >= 0.6 is 0 Å². The van der Waals surface area contributed by atoms with E-state index in [4.69, 9.17) is 4.74 Å². The van der Waals surface area contributed by atoms with Crippen molar-refractivity contribution in [2.45, 2.75) is 77.6 Å². The van der Waals surface area contributed by atoms with E-state index < -0.39 is 0 Å². The fraction of sp³-hybridized carbons (Fsp3) is 0.619. The van der Waals surface area contributed by atoms with Crippen molar-refractivity contribution in [3.05, 3.63) is 28.8 Å². The van der Waals surface area contributed by atoms with Crippen molar-refractivity contribution >= 4 is 12.6 Å². The Morgan fingerprint density at radius 3 is 1.67 bits per heavy atom. The van der Waals surface area contributed by atoms with Gasteiger partial charge in [-0.15, -0.1) is 0 Å². The zero-order chi connectivity index (χ0) is 17.6. The van der Waals surface area contributed by atoms with E-state index in [0.29, 0.717) is 16.9 Å². The molecule has 3 nitrogen and oxygen atoms in total. The number of carbonyl (C=O) groups is 2. The van der Waals surface area contributed by atoms with Crippen molar-refractivity contribution in [2.75, 3.05) is 7.11 Å². The third-order valence-electron chi connectivity index (χ3n) is 4.48.